The van der Waals surface area contributed by atoms with Crippen molar-refractivity contribution in [2.75, 3.05) is 154 Å². The number of piperazine rings is 2. The van der Waals surface area contributed by atoms with Gasteiger partial charge in [0.1, 0.15) is 53.9 Å². The summed E-state index contributed by atoms with van der Waals surface area (Å²) >= 11 is 0. The Balaban J connectivity index is 0.000000163. The maximum atomic E-state index is 13.9. The molecule has 2 fully saturated rings. The van der Waals surface area contributed by atoms with Crippen LogP contribution in [0.3, 0.4) is 0 Å². The van der Waals surface area contributed by atoms with Gasteiger partial charge in [-0.2, -0.15) is 10.2 Å². The summed E-state index contributed by atoms with van der Waals surface area (Å²) in [7, 11) is 0. The van der Waals surface area contributed by atoms with Crippen LogP contribution in [0, 0.1) is 41.5 Å². The lowest BCUT2D eigenvalue weighted by molar-refractivity contribution is 0.174. The summed E-state index contributed by atoms with van der Waals surface area (Å²) in [5, 5.41) is 28.0. The average Bonchev–Trinajstić information content (AvgIpc) is 1.51. The molecule has 0 spiro atoms. The van der Waals surface area contributed by atoms with E-state index in [4.69, 9.17) is 15.2 Å². The van der Waals surface area contributed by atoms with Gasteiger partial charge in [-0.3, -0.25) is 9.36 Å². The van der Waals surface area contributed by atoms with Crippen molar-refractivity contribution in [3.05, 3.63) is 241 Å². The van der Waals surface area contributed by atoms with E-state index in [1.165, 1.54) is 54.1 Å². The number of anilines is 18. The van der Waals surface area contributed by atoms with Crippen LogP contribution in [0.25, 0.3) is 0 Å². The number of nitrogens with one attached hydrogen (secondary N) is 6. The molecule has 3 aliphatic heterocycles. The van der Waals surface area contributed by atoms with E-state index in [1.54, 1.807) is 65.8 Å². The number of aromatic nitrogens is 10. The number of nitrogen functional groups attached to an aromatic ring is 1. The van der Waals surface area contributed by atoms with E-state index in [0.717, 1.165) is 139 Å². The van der Waals surface area contributed by atoms with E-state index in [0.29, 0.717) is 69.2 Å². The number of aryl methyl sites for hydroxylation is 6. The number of carbonyl (C=O) groups excluding carboxylic acids is 3. The van der Waals surface area contributed by atoms with E-state index in [1.807, 2.05) is 156 Å². The Kier molecular flexibility index (Phi) is 30.8. The zero-order chi connectivity index (χ0) is 87.9. The van der Waals surface area contributed by atoms with Crippen molar-refractivity contribution in [2.24, 2.45) is 0 Å². The summed E-state index contributed by atoms with van der Waals surface area (Å²) in [4.78, 5) is 84.6. The average molecular weight is 1680 g/mol. The third-order valence-corrected chi connectivity index (χ3v) is 21.9. The van der Waals surface area contributed by atoms with Crippen LogP contribution in [-0.2, 0) is 0 Å². The highest BCUT2D eigenvalue weighted by Crippen LogP contribution is 2.40. The van der Waals surface area contributed by atoms with Gasteiger partial charge >= 0.3 is 18.1 Å². The molecular formula is C94H117N25O5. The molecule has 12 aromatic rings. The Bertz CT molecular complexity index is 5440. The van der Waals surface area contributed by atoms with E-state index in [-0.39, 0.29) is 37.0 Å². The molecule has 30 nitrogen and oxygen atoms in total. The minimum absolute atomic E-state index is 0.135. The zero-order valence-electron chi connectivity index (χ0n) is 73.9. The van der Waals surface area contributed by atoms with Gasteiger partial charge in [0.2, 0.25) is 6.79 Å². The highest BCUT2D eigenvalue weighted by atomic mass is 16.7. The molecule has 3 aliphatic rings. The molecule has 5 aromatic heterocycles. The molecule has 0 radical (unpaired) electrons. The van der Waals surface area contributed by atoms with E-state index >= 15 is 0 Å². The molecule has 0 atom stereocenters. The van der Waals surface area contributed by atoms with Crippen molar-refractivity contribution < 1.29 is 23.9 Å². The Morgan fingerprint density at radius 2 is 0.766 bits per heavy atom. The van der Waals surface area contributed by atoms with Gasteiger partial charge in [0, 0.05) is 147 Å². The molecule has 15 rings (SSSR count). The van der Waals surface area contributed by atoms with E-state index in [2.05, 4.69) is 181 Å². The standard InChI is InChI=1S/2C31H39N9O.C26H24N6O3.C6H15N/c1-6-37-14-16-38(17-15-37)26-10-12-27(13-11-26)40(31(41)36-30-23(4)8-7-9-24(30)5)29-18-28(32-21-33-29)35-25-19-34-39(20-25)22(2)3;1-6-37-14-16-38(17-15-37)26-12-10-25(11-13-26)35-28-18-29(33-21-32-28)40(27-19-34-39(20-27)22(2)3)31(41)36-30-23(4)8-7-9-24(30)5;1-16-4-3-5-17(2)25(16)31-26(33)32(20-10-11-21-22(12-20)35-15-34-21)24-13-23(28-14-29-24)30-19-8-6-18(27)7-9-19;1-4-7(5-2)6-3/h2*7-13,18-22H,6,14-17H2,1-5H3,(H,36,41)(H,32,33,35);3-14H,15,27H2,1-2H3,(H,31,33)(H,28,29,30);4-6H2,1-3H3. The predicted molar refractivity (Wildman–Crippen MR) is 501 cm³/mol. The molecule has 6 amide bonds. The Morgan fingerprint density at radius 1 is 0.403 bits per heavy atom. The van der Waals surface area contributed by atoms with Crippen LogP contribution in [0.15, 0.2) is 208 Å². The molecule has 124 heavy (non-hydrogen) atoms. The van der Waals surface area contributed by atoms with Gasteiger partial charge < -0.3 is 71.6 Å². The fourth-order valence-electron chi connectivity index (χ4n) is 14.5. The monoisotopic (exact) mass is 1680 g/mol. The first-order chi connectivity index (χ1) is 60.0. The summed E-state index contributed by atoms with van der Waals surface area (Å²) in [5.74, 6) is 4.10. The smallest absolute Gasteiger partial charge is 0.332 e. The Labute approximate surface area is 727 Å². The molecule has 0 unspecified atom stereocenters. The number of rotatable bonds is 24. The van der Waals surface area contributed by atoms with Crippen LogP contribution in [0.2, 0.25) is 0 Å². The number of amides is 6. The van der Waals surface area contributed by atoms with Crippen molar-refractivity contribution >= 4 is 121 Å². The van der Waals surface area contributed by atoms with Crippen LogP contribution >= 0.6 is 0 Å². The van der Waals surface area contributed by atoms with E-state index < -0.39 is 0 Å². The summed E-state index contributed by atoms with van der Waals surface area (Å²) in [6, 6.07) is 51.5. The van der Waals surface area contributed by atoms with E-state index in [9.17, 15) is 14.4 Å². The number of hydrogen-bond donors (Lipinski definition) is 7. The number of para-hydroxylation sites is 3. The minimum Gasteiger partial charge on any atom is -0.454 e. The van der Waals surface area contributed by atoms with Crippen LogP contribution < -0.4 is 71.6 Å². The fourth-order valence-corrected chi connectivity index (χ4v) is 14.5. The van der Waals surface area contributed by atoms with Crippen molar-refractivity contribution in [1.82, 2.24) is 64.2 Å². The molecule has 2 saturated heterocycles. The summed E-state index contributed by atoms with van der Waals surface area (Å²) < 4.78 is 14.7. The van der Waals surface area contributed by atoms with Gasteiger partial charge in [-0.25, -0.2) is 59.0 Å². The SMILES string of the molecule is CCN(CC)CC.CCN1CCN(c2ccc(N(C(=O)Nc3c(C)cccc3C)c3cc(Nc4cnn(C(C)C)c4)ncn3)cc2)CC1.CCN1CCN(c2ccc(Nc3cc(N(C(=O)Nc4c(C)cccc4C)c4cnn(C(C)C)c4)ncn3)cc2)CC1.Cc1cccc(C)c1NC(=O)N(c1ccc2c(c1)OCO2)c1cc(Nc2ccc(N)cc2)ncn1. The van der Waals surface area contributed by atoms with Crippen LogP contribution in [0.5, 0.6) is 11.5 Å². The molecule has 0 aliphatic carbocycles. The van der Waals surface area contributed by atoms with Gasteiger partial charge in [0.05, 0.1) is 35.1 Å². The molecular weight excluding hydrogens is 1560 g/mol. The number of fused-ring (bicyclic) bond motifs is 1. The normalized spacial score (nSPS) is 13.0. The van der Waals surface area contributed by atoms with Crippen molar-refractivity contribution in [3.63, 3.8) is 0 Å². The molecule has 30 heteroatoms. The molecule has 0 bridgehead atoms. The molecule has 0 saturated carbocycles. The summed E-state index contributed by atoms with van der Waals surface area (Å²) in [6.45, 7) is 45.2. The maximum Gasteiger partial charge on any atom is 0.332 e. The second-order valence-corrected chi connectivity index (χ2v) is 31.0. The number of likely N-dealkylation sites (N-methyl/N-ethyl adjacent to an activating group) is 2. The van der Waals surface area contributed by atoms with Crippen LogP contribution in [0.4, 0.5) is 118 Å². The second kappa shape index (κ2) is 42.7. The lowest BCUT2D eigenvalue weighted by Crippen LogP contribution is -2.46. The lowest BCUT2D eigenvalue weighted by Gasteiger charge is -2.35. The number of ether oxygens (including phenoxy) is 2. The fraction of sp³-hybridized carbons (Fsp3) is 0.330. The van der Waals surface area contributed by atoms with Crippen molar-refractivity contribution in [3.8, 4) is 11.5 Å². The largest absolute Gasteiger partial charge is 0.454 e. The topological polar surface area (TPSA) is 307 Å². The van der Waals surface area contributed by atoms with Crippen LogP contribution in [0.1, 0.15) is 108 Å². The Hall–Kier alpha value is -13.7. The number of carbonyl (C=O) groups is 3. The highest BCUT2D eigenvalue weighted by Gasteiger charge is 2.29. The predicted octanol–water partition coefficient (Wildman–Crippen LogP) is 19.1. The van der Waals surface area contributed by atoms with Gasteiger partial charge in [-0.15, -0.1) is 0 Å². The lowest BCUT2D eigenvalue weighted by atomic mass is 10.1. The van der Waals surface area contributed by atoms with Crippen molar-refractivity contribution in [2.45, 2.75) is 116 Å². The van der Waals surface area contributed by atoms with Crippen molar-refractivity contribution in [1.29, 1.82) is 0 Å². The second-order valence-electron chi connectivity index (χ2n) is 31.0. The number of hydrogen-bond acceptors (Lipinski definition) is 22. The molecule has 648 valence electrons. The minimum atomic E-state index is -0.376. The molecule has 8 heterocycles. The molecule has 7 aromatic carbocycles. The van der Waals surface area contributed by atoms with Crippen LogP contribution in [-0.4, -0.2) is 174 Å². The highest BCUT2D eigenvalue weighted by molar-refractivity contribution is 6.09. The third kappa shape index (κ3) is 23.3. The molecule has 8 N–H and O–H groups in total. The summed E-state index contributed by atoms with van der Waals surface area (Å²) in [6.07, 6.45) is 11.5. The quantitative estimate of drug-likeness (QED) is 0.0276. The first-order valence-corrected chi connectivity index (χ1v) is 42.5. The van der Waals surface area contributed by atoms with Gasteiger partial charge in [-0.1, -0.05) is 89.2 Å². The Morgan fingerprint density at radius 3 is 1.15 bits per heavy atom. The third-order valence-electron chi connectivity index (χ3n) is 21.9. The van der Waals surface area contributed by atoms with Gasteiger partial charge in [-0.05, 0) is 220 Å². The van der Waals surface area contributed by atoms with Gasteiger partial charge in [0.15, 0.2) is 11.5 Å². The van der Waals surface area contributed by atoms with Gasteiger partial charge in [0.25, 0.3) is 0 Å². The first-order valence-electron chi connectivity index (χ1n) is 42.5. The maximum absolute atomic E-state index is 13.9. The number of benzene rings is 7. The first kappa shape index (κ1) is 89.5. The summed E-state index contributed by atoms with van der Waals surface area (Å²) in [5.41, 5.74) is 21.4. The zero-order valence-corrected chi connectivity index (χ0v) is 73.9. The number of nitrogens with zero attached hydrogens (tertiary/aromatic N) is 18. The number of urea groups is 3. The number of nitrogens with two attached hydrogens (primary N) is 1.